The van der Waals surface area contributed by atoms with Crippen LogP contribution in [0.25, 0.3) is 22.1 Å². The molecule has 170 valence electrons. The summed E-state index contributed by atoms with van der Waals surface area (Å²) in [5.41, 5.74) is 9.52. The molecule has 34 heavy (non-hydrogen) atoms. The summed E-state index contributed by atoms with van der Waals surface area (Å²) >= 11 is 0. The Balaban J connectivity index is 1.82. The molecule has 0 fully saturated rings. The highest BCUT2D eigenvalue weighted by Gasteiger charge is 2.23. The maximum atomic E-state index is 12.2. The number of hydrogen-bond donors (Lipinski definition) is 3. The van der Waals surface area contributed by atoms with Crippen LogP contribution in [0.5, 0.6) is 5.75 Å². The van der Waals surface area contributed by atoms with E-state index in [1.54, 1.807) is 6.92 Å². The summed E-state index contributed by atoms with van der Waals surface area (Å²) in [4.78, 5) is 24.0. The van der Waals surface area contributed by atoms with Crippen molar-refractivity contribution in [3.8, 4) is 28.7 Å². The Hall–Kier alpha value is -4.50. The van der Waals surface area contributed by atoms with Crippen molar-refractivity contribution in [3.63, 3.8) is 0 Å². The maximum absolute atomic E-state index is 12.2. The Labute approximate surface area is 196 Å². The van der Waals surface area contributed by atoms with Gasteiger partial charge in [-0.3, -0.25) is 0 Å². The van der Waals surface area contributed by atoms with E-state index in [1.165, 1.54) is 6.07 Å². The molecule has 4 N–H and O–H groups in total. The molecule has 1 heterocycles. The van der Waals surface area contributed by atoms with E-state index in [-0.39, 0.29) is 16.9 Å². The van der Waals surface area contributed by atoms with E-state index < -0.39 is 11.6 Å². The molecule has 4 aromatic rings. The zero-order valence-electron chi connectivity index (χ0n) is 18.8. The second kappa shape index (κ2) is 9.16. The predicted molar refractivity (Wildman–Crippen MR) is 132 cm³/mol. The van der Waals surface area contributed by atoms with Crippen molar-refractivity contribution in [3.05, 3.63) is 92.8 Å². The van der Waals surface area contributed by atoms with Gasteiger partial charge in [0.1, 0.15) is 16.9 Å². The molecule has 0 spiro atoms. The molecular formula is C28H23NO5. The minimum absolute atomic E-state index is 0.122. The van der Waals surface area contributed by atoms with E-state index in [0.29, 0.717) is 40.6 Å². The Morgan fingerprint density at radius 1 is 0.941 bits per heavy atom. The number of carbonyl (C=O) groups is 1. The first kappa shape index (κ1) is 22.7. The fraction of sp³-hybridized carbons (Fsp3) is 0.143. The highest BCUT2D eigenvalue weighted by atomic mass is 16.4. The van der Waals surface area contributed by atoms with Gasteiger partial charge in [-0.1, -0.05) is 50.0 Å². The van der Waals surface area contributed by atoms with Crippen LogP contribution in [0, 0.1) is 11.8 Å². The molecule has 0 bridgehead atoms. The normalized spacial score (nSPS) is 10.6. The van der Waals surface area contributed by atoms with E-state index in [1.807, 2.05) is 55.5 Å². The number of anilines is 1. The van der Waals surface area contributed by atoms with Crippen LogP contribution in [0.2, 0.25) is 0 Å². The van der Waals surface area contributed by atoms with Gasteiger partial charge in [-0.05, 0) is 59.4 Å². The minimum atomic E-state index is -1.34. The van der Waals surface area contributed by atoms with Gasteiger partial charge in [0.15, 0.2) is 0 Å². The molecule has 0 aliphatic carbocycles. The molecule has 1 aromatic heterocycles. The van der Waals surface area contributed by atoms with Crippen LogP contribution in [-0.4, -0.2) is 16.2 Å². The second-order valence-corrected chi connectivity index (χ2v) is 7.83. The lowest BCUT2D eigenvalue weighted by Crippen LogP contribution is -2.18. The van der Waals surface area contributed by atoms with Gasteiger partial charge in [0.25, 0.3) is 0 Å². The number of phenols is 1. The summed E-state index contributed by atoms with van der Waals surface area (Å²) in [5.74, 6) is 4.66. The first-order chi connectivity index (χ1) is 16.3. The number of nitrogen functional groups attached to an aromatic ring is 1. The van der Waals surface area contributed by atoms with E-state index >= 15 is 0 Å². The summed E-state index contributed by atoms with van der Waals surface area (Å²) in [5, 5.41) is 20.7. The lowest BCUT2D eigenvalue weighted by atomic mass is 9.92. The van der Waals surface area contributed by atoms with E-state index in [9.17, 15) is 19.8 Å². The maximum Gasteiger partial charge on any atom is 0.351 e. The second-order valence-electron chi connectivity index (χ2n) is 7.83. The van der Waals surface area contributed by atoms with Gasteiger partial charge < -0.3 is 20.4 Å². The predicted octanol–water partition coefficient (Wildman–Crippen LogP) is 4.97. The number of carboxylic acids is 1. The first-order valence-corrected chi connectivity index (χ1v) is 10.9. The van der Waals surface area contributed by atoms with Gasteiger partial charge in [0, 0.05) is 22.7 Å². The van der Waals surface area contributed by atoms with Crippen molar-refractivity contribution in [2.24, 2.45) is 0 Å². The fourth-order valence-corrected chi connectivity index (χ4v) is 4.13. The van der Waals surface area contributed by atoms with Gasteiger partial charge in [-0.25, -0.2) is 9.59 Å². The van der Waals surface area contributed by atoms with Gasteiger partial charge >= 0.3 is 11.6 Å². The van der Waals surface area contributed by atoms with E-state index in [2.05, 4.69) is 11.8 Å². The number of aromatic carboxylic acids is 1. The fourth-order valence-electron chi connectivity index (χ4n) is 4.13. The Bertz CT molecular complexity index is 1520. The highest BCUT2D eigenvalue weighted by Crippen LogP contribution is 2.33. The standard InChI is InChI=1S/C28H23NO5/c1-3-20-22(14-7-16-5-8-17(9-6-16)18-10-12-19(29)13-11-18)23(30)15-24-25(20)21(4-2)26(27(31)32)28(33)34-24/h5-6,8-13,15,30H,3-4,29H2,1-2H3,(H,31,32). The zero-order valence-corrected chi connectivity index (χ0v) is 18.8. The summed E-state index contributed by atoms with van der Waals surface area (Å²) in [6, 6.07) is 16.6. The van der Waals surface area contributed by atoms with Gasteiger partial charge in [-0.15, -0.1) is 0 Å². The number of nitrogens with two attached hydrogens (primary N) is 1. The molecule has 0 saturated heterocycles. The van der Waals surface area contributed by atoms with Crippen LogP contribution >= 0.6 is 0 Å². The summed E-state index contributed by atoms with van der Waals surface area (Å²) in [6.45, 7) is 3.66. The van der Waals surface area contributed by atoms with Crippen LogP contribution in [0.3, 0.4) is 0 Å². The SMILES string of the molecule is CCc1c(C#Cc2ccc(-c3ccc(N)cc3)cc2)c(O)cc2oc(=O)c(C(=O)O)c(CC)c12. The highest BCUT2D eigenvalue weighted by molar-refractivity contribution is 5.97. The molecule has 6 nitrogen and oxygen atoms in total. The van der Waals surface area contributed by atoms with Crippen LogP contribution < -0.4 is 11.4 Å². The quantitative estimate of drug-likeness (QED) is 0.228. The number of phenolic OH excluding ortho intramolecular Hbond substituents is 1. The summed E-state index contributed by atoms with van der Waals surface area (Å²) in [7, 11) is 0. The topological polar surface area (TPSA) is 114 Å². The lowest BCUT2D eigenvalue weighted by molar-refractivity contribution is 0.0691. The number of aromatic hydroxyl groups is 1. The minimum Gasteiger partial charge on any atom is -0.506 e. The number of carboxylic acid groups (broad SMARTS) is 1. The van der Waals surface area contributed by atoms with Crippen molar-refractivity contribution in [1.29, 1.82) is 0 Å². The molecule has 3 aromatic carbocycles. The van der Waals surface area contributed by atoms with Crippen LogP contribution in [0.1, 0.15) is 46.5 Å². The third kappa shape index (κ3) is 4.12. The van der Waals surface area contributed by atoms with Crippen molar-refractivity contribution >= 4 is 22.6 Å². The number of fused-ring (bicyclic) bond motifs is 1. The third-order valence-electron chi connectivity index (χ3n) is 5.77. The zero-order chi connectivity index (χ0) is 24.4. The number of benzene rings is 3. The molecule has 0 radical (unpaired) electrons. The Kier molecular flexibility index (Phi) is 6.11. The third-order valence-corrected chi connectivity index (χ3v) is 5.77. The largest absolute Gasteiger partial charge is 0.506 e. The van der Waals surface area contributed by atoms with Crippen LogP contribution in [-0.2, 0) is 12.8 Å². The summed E-state index contributed by atoms with van der Waals surface area (Å²) < 4.78 is 5.25. The van der Waals surface area contributed by atoms with Crippen molar-refractivity contribution in [2.75, 3.05) is 5.73 Å². The number of aryl methyl sites for hydroxylation is 2. The molecule has 0 amide bonds. The average molecular weight is 453 g/mol. The monoisotopic (exact) mass is 453 g/mol. The molecule has 0 unspecified atom stereocenters. The Morgan fingerprint density at radius 3 is 2.09 bits per heavy atom. The molecule has 0 atom stereocenters. The average Bonchev–Trinajstić information content (AvgIpc) is 2.82. The lowest BCUT2D eigenvalue weighted by Gasteiger charge is -2.13. The van der Waals surface area contributed by atoms with Crippen molar-refractivity contribution < 1.29 is 19.4 Å². The molecule has 4 rings (SSSR count). The molecule has 0 aliphatic heterocycles. The molecule has 6 heteroatoms. The number of hydrogen-bond acceptors (Lipinski definition) is 5. The number of rotatable bonds is 4. The Morgan fingerprint density at radius 2 is 1.53 bits per heavy atom. The summed E-state index contributed by atoms with van der Waals surface area (Å²) in [6.07, 6.45) is 0.783. The first-order valence-electron chi connectivity index (χ1n) is 10.9. The molecular weight excluding hydrogens is 430 g/mol. The van der Waals surface area contributed by atoms with E-state index in [4.69, 9.17) is 10.2 Å². The van der Waals surface area contributed by atoms with Crippen molar-refractivity contribution in [1.82, 2.24) is 0 Å². The van der Waals surface area contributed by atoms with Crippen LogP contribution in [0.15, 0.2) is 63.8 Å². The molecule has 0 aliphatic rings. The van der Waals surface area contributed by atoms with Gasteiger partial charge in [0.2, 0.25) is 0 Å². The van der Waals surface area contributed by atoms with Crippen molar-refractivity contribution in [2.45, 2.75) is 26.7 Å². The smallest absolute Gasteiger partial charge is 0.351 e. The van der Waals surface area contributed by atoms with Crippen LogP contribution in [0.4, 0.5) is 5.69 Å². The van der Waals surface area contributed by atoms with E-state index in [0.717, 1.165) is 16.7 Å². The molecule has 0 saturated carbocycles. The van der Waals surface area contributed by atoms with Gasteiger partial charge in [-0.2, -0.15) is 0 Å². The van der Waals surface area contributed by atoms with Gasteiger partial charge in [0.05, 0.1) is 5.56 Å².